The number of hydrogen-bond donors (Lipinski definition) is 0. The third kappa shape index (κ3) is 3.35. The van der Waals surface area contributed by atoms with Crippen LogP contribution in [0, 0.1) is 5.92 Å². The molecule has 0 aromatic carbocycles. The number of ether oxygens (including phenoxy) is 1. The van der Waals surface area contributed by atoms with E-state index in [-0.39, 0.29) is 11.8 Å². The van der Waals surface area contributed by atoms with Crippen molar-refractivity contribution in [2.75, 3.05) is 44.3 Å². The number of amides is 1. The maximum atomic E-state index is 12.4. The van der Waals surface area contributed by atoms with E-state index in [0.29, 0.717) is 6.61 Å². The summed E-state index contributed by atoms with van der Waals surface area (Å²) in [5.74, 6) is 1.24. The van der Waals surface area contributed by atoms with Crippen molar-refractivity contribution in [3.05, 3.63) is 5.82 Å². The smallest absolute Gasteiger partial charge is 0.228 e. The van der Waals surface area contributed by atoms with Crippen LogP contribution in [0.5, 0.6) is 0 Å². The minimum absolute atomic E-state index is 0.0681. The molecule has 0 spiro atoms. The van der Waals surface area contributed by atoms with Crippen LogP contribution >= 0.6 is 11.5 Å². The van der Waals surface area contributed by atoms with Crippen LogP contribution in [0.15, 0.2) is 0 Å². The third-order valence-corrected chi connectivity index (χ3v) is 4.96. The molecule has 116 valence electrons. The highest BCUT2D eigenvalue weighted by Gasteiger charge is 2.29. The number of aryl methyl sites for hydroxylation is 1. The third-order valence-electron chi connectivity index (χ3n) is 4.14. The van der Waals surface area contributed by atoms with Crippen molar-refractivity contribution in [3.63, 3.8) is 0 Å². The summed E-state index contributed by atoms with van der Waals surface area (Å²) >= 11 is 1.46. The molecular formula is C14H22N4O2S. The van der Waals surface area contributed by atoms with Gasteiger partial charge in [0.25, 0.3) is 0 Å². The van der Waals surface area contributed by atoms with Gasteiger partial charge in [-0.15, -0.1) is 0 Å². The van der Waals surface area contributed by atoms with Crippen LogP contribution in [0.4, 0.5) is 5.13 Å². The Bertz CT molecular complexity index is 479. The predicted molar refractivity (Wildman–Crippen MR) is 81.6 cm³/mol. The molecular weight excluding hydrogens is 288 g/mol. The number of anilines is 1. The molecule has 0 bridgehead atoms. The van der Waals surface area contributed by atoms with Gasteiger partial charge < -0.3 is 14.5 Å². The molecule has 1 amide bonds. The molecule has 1 aromatic rings. The first-order chi connectivity index (χ1) is 10.3. The second-order valence-electron chi connectivity index (χ2n) is 5.57. The van der Waals surface area contributed by atoms with E-state index >= 15 is 0 Å². The minimum Gasteiger partial charge on any atom is -0.381 e. The zero-order chi connectivity index (χ0) is 14.7. The van der Waals surface area contributed by atoms with Crippen LogP contribution in [0.1, 0.15) is 25.6 Å². The van der Waals surface area contributed by atoms with Crippen LogP contribution in [-0.2, 0) is 16.0 Å². The number of hydrogen-bond acceptors (Lipinski definition) is 6. The quantitative estimate of drug-likeness (QED) is 0.839. The summed E-state index contributed by atoms with van der Waals surface area (Å²) in [5, 5.41) is 0.986. The second-order valence-corrected chi connectivity index (χ2v) is 6.30. The maximum absolute atomic E-state index is 12.4. The Morgan fingerprint density at radius 3 is 2.81 bits per heavy atom. The number of carbonyl (C=O) groups excluding carboxylic acids is 1. The van der Waals surface area contributed by atoms with E-state index in [9.17, 15) is 4.79 Å². The molecule has 2 saturated heterocycles. The molecule has 7 heteroatoms. The summed E-state index contributed by atoms with van der Waals surface area (Å²) in [7, 11) is 0. The predicted octanol–water partition coefficient (Wildman–Crippen LogP) is 1.18. The van der Waals surface area contributed by atoms with Gasteiger partial charge in [0.15, 0.2) is 0 Å². The Labute approximate surface area is 129 Å². The molecule has 0 N–H and O–H groups in total. The summed E-state index contributed by atoms with van der Waals surface area (Å²) in [6, 6.07) is 0. The number of aromatic nitrogens is 2. The molecule has 0 aliphatic carbocycles. The van der Waals surface area contributed by atoms with Gasteiger partial charge >= 0.3 is 0 Å². The molecule has 1 atom stereocenters. The fraction of sp³-hybridized carbons (Fsp3) is 0.786. The largest absolute Gasteiger partial charge is 0.381 e. The lowest BCUT2D eigenvalue weighted by molar-refractivity contribution is -0.140. The average molecular weight is 310 g/mol. The van der Waals surface area contributed by atoms with Gasteiger partial charge in [-0.3, -0.25) is 4.79 Å². The van der Waals surface area contributed by atoms with Crippen LogP contribution < -0.4 is 4.90 Å². The Hall–Kier alpha value is -1.21. The molecule has 2 aliphatic rings. The van der Waals surface area contributed by atoms with Crippen LogP contribution in [0.25, 0.3) is 0 Å². The molecule has 3 heterocycles. The fourth-order valence-electron chi connectivity index (χ4n) is 2.83. The molecule has 0 saturated carbocycles. The highest BCUT2D eigenvalue weighted by Crippen LogP contribution is 2.21. The van der Waals surface area contributed by atoms with E-state index in [4.69, 9.17) is 4.74 Å². The van der Waals surface area contributed by atoms with Gasteiger partial charge in [0.1, 0.15) is 5.82 Å². The Morgan fingerprint density at radius 2 is 2.19 bits per heavy atom. The topological polar surface area (TPSA) is 58.6 Å². The summed E-state index contributed by atoms with van der Waals surface area (Å²) in [4.78, 5) is 21.2. The van der Waals surface area contributed by atoms with Gasteiger partial charge in [0, 0.05) is 50.7 Å². The highest BCUT2D eigenvalue weighted by atomic mass is 32.1. The van der Waals surface area contributed by atoms with E-state index in [2.05, 4.69) is 21.2 Å². The molecule has 0 unspecified atom stereocenters. The maximum Gasteiger partial charge on any atom is 0.228 e. The first kappa shape index (κ1) is 14.7. The molecule has 1 aromatic heterocycles. The molecule has 6 nitrogen and oxygen atoms in total. The Balaban J connectivity index is 1.53. The monoisotopic (exact) mass is 310 g/mol. The van der Waals surface area contributed by atoms with Crippen molar-refractivity contribution < 1.29 is 9.53 Å². The molecule has 0 radical (unpaired) electrons. The lowest BCUT2D eigenvalue weighted by Crippen LogP contribution is -2.51. The SMILES string of the molecule is CCc1nsc(N2CCN(C(=O)[C@@H]3CCCOC3)CC2)n1. The van der Waals surface area contributed by atoms with Crippen molar-refractivity contribution in [3.8, 4) is 0 Å². The summed E-state index contributed by atoms with van der Waals surface area (Å²) in [6.07, 6.45) is 2.84. The summed E-state index contributed by atoms with van der Waals surface area (Å²) in [6.45, 7) is 6.69. The lowest BCUT2D eigenvalue weighted by atomic mass is 10.0. The zero-order valence-electron chi connectivity index (χ0n) is 12.5. The van der Waals surface area contributed by atoms with E-state index in [1.54, 1.807) is 0 Å². The van der Waals surface area contributed by atoms with Crippen molar-refractivity contribution >= 4 is 22.6 Å². The molecule has 2 aliphatic heterocycles. The van der Waals surface area contributed by atoms with Crippen molar-refractivity contribution in [2.24, 2.45) is 5.92 Å². The van der Waals surface area contributed by atoms with Crippen LogP contribution in [0.3, 0.4) is 0 Å². The normalized spacial score (nSPS) is 23.4. The lowest BCUT2D eigenvalue weighted by Gasteiger charge is -2.36. The summed E-state index contributed by atoms with van der Waals surface area (Å²) < 4.78 is 9.75. The van der Waals surface area contributed by atoms with E-state index in [1.165, 1.54) is 11.5 Å². The number of carbonyl (C=O) groups is 1. The van der Waals surface area contributed by atoms with Gasteiger partial charge in [-0.2, -0.15) is 4.37 Å². The van der Waals surface area contributed by atoms with E-state index in [1.807, 2.05) is 4.90 Å². The Kier molecular flexibility index (Phi) is 4.70. The van der Waals surface area contributed by atoms with Crippen molar-refractivity contribution in [1.82, 2.24) is 14.3 Å². The van der Waals surface area contributed by atoms with Gasteiger partial charge in [-0.1, -0.05) is 6.92 Å². The highest BCUT2D eigenvalue weighted by molar-refractivity contribution is 7.09. The first-order valence-corrected chi connectivity index (χ1v) is 8.49. The number of rotatable bonds is 3. The van der Waals surface area contributed by atoms with Gasteiger partial charge in [-0.05, 0) is 12.8 Å². The molecule has 2 fully saturated rings. The van der Waals surface area contributed by atoms with Crippen LogP contribution in [0.2, 0.25) is 0 Å². The average Bonchev–Trinajstić information content (AvgIpc) is 3.04. The van der Waals surface area contributed by atoms with Crippen molar-refractivity contribution in [2.45, 2.75) is 26.2 Å². The van der Waals surface area contributed by atoms with Gasteiger partial charge in [-0.25, -0.2) is 4.98 Å². The minimum atomic E-state index is 0.0681. The fourth-order valence-corrected chi connectivity index (χ4v) is 3.63. The van der Waals surface area contributed by atoms with E-state index < -0.39 is 0 Å². The standard InChI is InChI=1S/C14H22N4O2S/c1-2-12-15-14(21-16-12)18-7-5-17(6-8-18)13(19)11-4-3-9-20-10-11/h11H,2-10H2,1H3/t11-/m1/s1. The summed E-state index contributed by atoms with van der Waals surface area (Å²) in [5.41, 5.74) is 0. The van der Waals surface area contributed by atoms with E-state index in [0.717, 1.165) is 63.0 Å². The first-order valence-electron chi connectivity index (χ1n) is 7.72. The van der Waals surface area contributed by atoms with Gasteiger partial charge in [0.2, 0.25) is 11.0 Å². The van der Waals surface area contributed by atoms with Crippen molar-refractivity contribution in [1.29, 1.82) is 0 Å². The van der Waals surface area contributed by atoms with Crippen LogP contribution in [-0.4, -0.2) is 59.6 Å². The zero-order valence-corrected chi connectivity index (χ0v) is 13.3. The molecule has 3 rings (SSSR count). The second kappa shape index (κ2) is 6.70. The Morgan fingerprint density at radius 1 is 1.38 bits per heavy atom. The number of nitrogens with zero attached hydrogens (tertiary/aromatic N) is 4. The number of piperazine rings is 1. The van der Waals surface area contributed by atoms with Gasteiger partial charge in [0.05, 0.1) is 12.5 Å². The molecule has 21 heavy (non-hydrogen) atoms.